The van der Waals surface area contributed by atoms with Gasteiger partial charge in [0.05, 0.1) is 27.9 Å². The molecule has 0 amide bonds. The Labute approximate surface area is 172 Å². The molecule has 0 bridgehead atoms. The summed E-state index contributed by atoms with van der Waals surface area (Å²) in [5, 5.41) is 15.2. The second-order valence-corrected chi connectivity index (χ2v) is 6.62. The molecular formula is C22H18N6O2. The van der Waals surface area contributed by atoms with Gasteiger partial charge in [0.25, 0.3) is 5.69 Å². The van der Waals surface area contributed by atoms with Crippen LogP contribution in [0.15, 0.2) is 82.9 Å². The molecular weight excluding hydrogens is 380 g/mol. The highest BCUT2D eigenvalue weighted by Crippen LogP contribution is 2.16. The fourth-order valence-corrected chi connectivity index (χ4v) is 2.83. The van der Waals surface area contributed by atoms with Crippen molar-refractivity contribution < 1.29 is 4.92 Å². The number of hydrazone groups is 1. The van der Waals surface area contributed by atoms with Crippen molar-refractivity contribution in [2.45, 2.75) is 6.92 Å². The van der Waals surface area contributed by atoms with Crippen molar-refractivity contribution in [3.63, 3.8) is 0 Å². The van der Waals surface area contributed by atoms with Crippen molar-refractivity contribution in [3.8, 4) is 0 Å². The summed E-state index contributed by atoms with van der Waals surface area (Å²) < 4.78 is 0. The second kappa shape index (κ2) is 8.36. The Hall–Kier alpha value is -4.33. The fourth-order valence-electron chi connectivity index (χ4n) is 2.83. The van der Waals surface area contributed by atoms with Gasteiger partial charge in [-0.15, -0.1) is 0 Å². The minimum atomic E-state index is -0.441. The van der Waals surface area contributed by atoms with Gasteiger partial charge in [-0.2, -0.15) is 5.10 Å². The van der Waals surface area contributed by atoms with Crippen LogP contribution < -0.4 is 5.43 Å². The molecule has 0 saturated heterocycles. The Morgan fingerprint density at radius 1 is 1.10 bits per heavy atom. The zero-order valence-electron chi connectivity index (χ0n) is 16.1. The van der Waals surface area contributed by atoms with Crippen LogP contribution in [-0.2, 0) is 0 Å². The van der Waals surface area contributed by atoms with Gasteiger partial charge in [-0.3, -0.25) is 15.5 Å². The largest absolute Gasteiger partial charge is 0.335 e. The Balaban J connectivity index is 1.65. The van der Waals surface area contributed by atoms with E-state index >= 15 is 0 Å². The van der Waals surface area contributed by atoms with Gasteiger partial charge >= 0.3 is 0 Å². The number of imidazole rings is 1. The second-order valence-electron chi connectivity index (χ2n) is 6.62. The number of para-hydroxylation sites is 2. The molecule has 0 fully saturated rings. The highest BCUT2D eigenvalue weighted by Gasteiger charge is 2.10. The van der Waals surface area contributed by atoms with E-state index in [4.69, 9.17) is 0 Å². The molecule has 148 valence electrons. The number of nitro benzene ring substituents is 1. The van der Waals surface area contributed by atoms with Crippen LogP contribution in [0, 0.1) is 17.0 Å². The number of rotatable bonds is 5. The number of aliphatic imine (C=N–C) groups is 1. The van der Waals surface area contributed by atoms with Crippen LogP contribution in [0.3, 0.4) is 0 Å². The van der Waals surface area contributed by atoms with Crippen molar-refractivity contribution in [2.24, 2.45) is 10.1 Å². The van der Waals surface area contributed by atoms with Crippen molar-refractivity contribution in [1.82, 2.24) is 15.4 Å². The Bertz CT molecular complexity index is 1230. The molecule has 1 aromatic heterocycles. The van der Waals surface area contributed by atoms with Crippen LogP contribution in [0.4, 0.5) is 11.4 Å². The highest BCUT2D eigenvalue weighted by molar-refractivity contribution is 6.00. The predicted molar refractivity (Wildman–Crippen MR) is 117 cm³/mol. The number of hydrogen-bond acceptors (Lipinski definition) is 5. The lowest BCUT2D eigenvalue weighted by Gasteiger charge is -2.03. The summed E-state index contributed by atoms with van der Waals surface area (Å²) in [6.45, 7) is 2.01. The van der Waals surface area contributed by atoms with Crippen LogP contribution in [0.2, 0.25) is 0 Å². The molecule has 0 atom stereocenters. The molecule has 8 nitrogen and oxygen atoms in total. The summed E-state index contributed by atoms with van der Waals surface area (Å²) in [6, 6.07) is 21.7. The van der Waals surface area contributed by atoms with E-state index in [1.54, 1.807) is 12.1 Å². The van der Waals surface area contributed by atoms with Gasteiger partial charge in [0.2, 0.25) is 0 Å². The van der Waals surface area contributed by atoms with Gasteiger partial charge in [-0.1, -0.05) is 42.0 Å². The van der Waals surface area contributed by atoms with Gasteiger partial charge in [0.15, 0.2) is 11.7 Å². The summed E-state index contributed by atoms with van der Waals surface area (Å²) in [7, 11) is 0. The fraction of sp³-hybridized carbons (Fsp3) is 0.0455. The van der Waals surface area contributed by atoms with E-state index in [2.05, 4.69) is 25.5 Å². The first-order chi connectivity index (χ1) is 14.6. The summed E-state index contributed by atoms with van der Waals surface area (Å²) in [6.07, 6.45) is 1.50. The first-order valence-corrected chi connectivity index (χ1v) is 9.22. The maximum atomic E-state index is 10.9. The van der Waals surface area contributed by atoms with E-state index in [-0.39, 0.29) is 5.69 Å². The Kier molecular flexibility index (Phi) is 5.29. The molecule has 4 rings (SSSR count). The van der Waals surface area contributed by atoms with E-state index in [1.165, 1.54) is 18.3 Å². The molecule has 0 spiro atoms. The molecule has 3 aromatic carbocycles. The lowest BCUT2D eigenvalue weighted by Crippen LogP contribution is -2.20. The predicted octanol–water partition coefficient (Wildman–Crippen LogP) is 4.48. The van der Waals surface area contributed by atoms with Gasteiger partial charge in [-0.05, 0) is 31.2 Å². The number of hydrogen-bond donors (Lipinski definition) is 2. The van der Waals surface area contributed by atoms with E-state index in [9.17, 15) is 10.1 Å². The number of nitrogens with one attached hydrogen (secondary N) is 2. The molecule has 8 heteroatoms. The Morgan fingerprint density at radius 2 is 1.90 bits per heavy atom. The average molecular weight is 398 g/mol. The number of H-pyrrole nitrogens is 1. The van der Waals surface area contributed by atoms with E-state index in [1.807, 2.05) is 55.5 Å². The van der Waals surface area contributed by atoms with Crippen LogP contribution >= 0.6 is 0 Å². The number of nitro groups is 1. The van der Waals surface area contributed by atoms with Gasteiger partial charge in [0.1, 0.15) is 0 Å². The van der Waals surface area contributed by atoms with Crippen LogP contribution in [-0.4, -0.2) is 26.9 Å². The third-order valence-electron chi connectivity index (χ3n) is 4.35. The van der Waals surface area contributed by atoms with Gasteiger partial charge in [-0.25, -0.2) is 9.98 Å². The highest BCUT2D eigenvalue weighted by atomic mass is 16.6. The van der Waals surface area contributed by atoms with Gasteiger partial charge < -0.3 is 4.98 Å². The third-order valence-corrected chi connectivity index (χ3v) is 4.35. The van der Waals surface area contributed by atoms with Crippen LogP contribution in [0.25, 0.3) is 11.0 Å². The number of fused-ring (bicyclic) bond motifs is 1. The van der Waals surface area contributed by atoms with Crippen LogP contribution in [0.1, 0.15) is 17.0 Å². The molecule has 0 aliphatic carbocycles. The molecule has 0 radical (unpaired) electrons. The molecule has 0 unspecified atom stereocenters. The topological polar surface area (TPSA) is 109 Å². The number of aromatic nitrogens is 2. The molecule has 4 aromatic rings. The van der Waals surface area contributed by atoms with Crippen molar-refractivity contribution in [3.05, 3.63) is 99.9 Å². The number of benzene rings is 3. The first-order valence-electron chi connectivity index (χ1n) is 9.22. The normalized spacial score (nSPS) is 11.8. The maximum Gasteiger partial charge on any atom is 0.270 e. The number of non-ortho nitro benzene ring substituents is 1. The molecule has 30 heavy (non-hydrogen) atoms. The summed E-state index contributed by atoms with van der Waals surface area (Å²) in [4.78, 5) is 22.9. The smallest absolute Gasteiger partial charge is 0.270 e. The van der Waals surface area contributed by atoms with Crippen molar-refractivity contribution >= 4 is 34.5 Å². The number of amidine groups is 1. The molecule has 0 aliphatic rings. The minimum absolute atomic E-state index is 0.00443. The van der Waals surface area contributed by atoms with Crippen molar-refractivity contribution in [1.29, 1.82) is 0 Å². The molecule has 0 saturated carbocycles. The van der Waals surface area contributed by atoms with Crippen molar-refractivity contribution in [2.75, 3.05) is 0 Å². The SMILES string of the molecule is Cc1ccc(N=C(N/N=C/c2cccc([N+](=O)[O-])c2)c2nc3ccccc3[nH]2)cc1. The maximum absolute atomic E-state index is 10.9. The summed E-state index contributed by atoms with van der Waals surface area (Å²) in [5.41, 5.74) is 7.09. The third kappa shape index (κ3) is 4.39. The Morgan fingerprint density at radius 3 is 2.67 bits per heavy atom. The number of aromatic amines is 1. The van der Waals surface area contributed by atoms with E-state index in [0.717, 1.165) is 22.3 Å². The zero-order chi connectivity index (χ0) is 20.9. The van der Waals surface area contributed by atoms with E-state index < -0.39 is 4.92 Å². The monoisotopic (exact) mass is 398 g/mol. The summed E-state index contributed by atoms with van der Waals surface area (Å²) >= 11 is 0. The quantitative estimate of drug-likeness (QED) is 0.223. The van der Waals surface area contributed by atoms with Crippen LogP contribution in [0.5, 0.6) is 0 Å². The first kappa shape index (κ1) is 19.0. The number of nitrogens with zero attached hydrogens (tertiary/aromatic N) is 4. The molecule has 1 heterocycles. The average Bonchev–Trinajstić information content (AvgIpc) is 3.19. The lowest BCUT2D eigenvalue weighted by molar-refractivity contribution is -0.384. The number of aryl methyl sites for hydroxylation is 1. The zero-order valence-corrected chi connectivity index (χ0v) is 16.1. The minimum Gasteiger partial charge on any atom is -0.335 e. The van der Waals surface area contributed by atoms with E-state index in [0.29, 0.717) is 17.2 Å². The van der Waals surface area contributed by atoms with Gasteiger partial charge in [0, 0.05) is 17.7 Å². The molecule has 2 N–H and O–H groups in total. The molecule has 0 aliphatic heterocycles. The standard InChI is InChI=1S/C22H18N6O2/c1-15-9-11-17(12-10-15)24-22(21-25-19-7-2-3-8-20(19)26-21)27-23-14-16-5-4-6-18(13-16)28(29)30/h2-14H,1H3,(H,24,27)(H,25,26)/b23-14+. The lowest BCUT2D eigenvalue weighted by atomic mass is 10.2. The summed E-state index contributed by atoms with van der Waals surface area (Å²) in [5.74, 6) is 0.963.